The first-order valence-electron chi connectivity index (χ1n) is 3.65. The summed E-state index contributed by atoms with van der Waals surface area (Å²) in [6, 6.07) is 5.23. The van der Waals surface area contributed by atoms with Crippen LogP contribution in [0.5, 0.6) is 0 Å². The fourth-order valence-electron chi connectivity index (χ4n) is 1.25. The van der Waals surface area contributed by atoms with Crippen LogP contribution in [-0.4, -0.2) is 4.92 Å². The number of halogens is 1. The Hall–Kier alpha value is -0.590. The summed E-state index contributed by atoms with van der Waals surface area (Å²) in [6.07, 6.45) is 0. The predicted octanol–water partition coefficient (Wildman–Crippen LogP) is 3.86. The van der Waals surface area contributed by atoms with Crippen molar-refractivity contribution in [2.75, 3.05) is 0 Å². The number of benzene rings is 1. The number of rotatable bonds is 1. The van der Waals surface area contributed by atoms with Gasteiger partial charge in [-0.1, -0.05) is 0 Å². The number of hydrogen-bond acceptors (Lipinski definition) is 4. The Morgan fingerprint density at radius 3 is 2.86 bits per heavy atom. The average Bonchev–Trinajstić information content (AvgIpc) is 2.43. The summed E-state index contributed by atoms with van der Waals surface area (Å²) in [7, 11) is 0. The van der Waals surface area contributed by atoms with E-state index in [1.807, 2.05) is 6.07 Å². The van der Waals surface area contributed by atoms with E-state index in [9.17, 15) is 10.1 Å². The molecule has 72 valence electrons. The van der Waals surface area contributed by atoms with E-state index in [4.69, 9.17) is 0 Å². The van der Waals surface area contributed by atoms with E-state index in [-0.39, 0.29) is 5.69 Å². The molecule has 0 aliphatic rings. The van der Waals surface area contributed by atoms with Crippen LogP contribution in [0.25, 0.3) is 10.1 Å². The molecular formula is C8H4BrNO2S2. The molecule has 0 radical (unpaired) electrons. The van der Waals surface area contributed by atoms with Crippen LogP contribution in [0, 0.1) is 10.1 Å². The maximum absolute atomic E-state index is 10.8. The van der Waals surface area contributed by atoms with Gasteiger partial charge >= 0.3 is 0 Å². The number of nitro groups is 1. The molecule has 0 aliphatic carbocycles. The van der Waals surface area contributed by atoms with Gasteiger partial charge in [0, 0.05) is 4.70 Å². The summed E-state index contributed by atoms with van der Waals surface area (Å²) >= 11 is 8.84. The van der Waals surface area contributed by atoms with Crippen molar-refractivity contribution >= 4 is 55.7 Å². The van der Waals surface area contributed by atoms with E-state index >= 15 is 0 Å². The highest BCUT2D eigenvalue weighted by Crippen LogP contribution is 2.38. The number of nitro benzene ring substituents is 1. The molecule has 3 nitrogen and oxygen atoms in total. The first kappa shape index (κ1) is 9.95. The maximum atomic E-state index is 10.8. The Bertz CT molecular complexity index is 523. The van der Waals surface area contributed by atoms with Gasteiger partial charge in [-0.15, -0.1) is 24.0 Å². The van der Waals surface area contributed by atoms with E-state index in [0.29, 0.717) is 10.3 Å². The summed E-state index contributed by atoms with van der Waals surface area (Å²) in [5, 5.41) is 11.4. The minimum atomic E-state index is -0.399. The van der Waals surface area contributed by atoms with E-state index in [2.05, 4.69) is 28.6 Å². The van der Waals surface area contributed by atoms with Gasteiger partial charge in [0.05, 0.1) is 19.0 Å². The molecule has 0 bridgehead atoms. The Morgan fingerprint density at radius 1 is 1.50 bits per heavy atom. The van der Waals surface area contributed by atoms with Crippen molar-refractivity contribution in [3.05, 3.63) is 32.1 Å². The molecule has 0 aliphatic heterocycles. The standard InChI is InChI=1S/C8H4BrNO2S2/c9-7-3-4-6(14-7)2-1-5(13)8(4)10(11)12/h1-3,13H. The molecule has 14 heavy (non-hydrogen) atoms. The fraction of sp³-hybridized carbons (Fsp3) is 0. The molecule has 0 spiro atoms. The van der Waals surface area contributed by atoms with Crippen LogP contribution in [0.4, 0.5) is 5.69 Å². The lowest BCUT2D eigenvalue weighted by Crippen LogP contribution is -1.89. The van der Waals surface area contributed by atoms with Gasteiger partial charge in [-0.2, -0.15) is 0 Å². The Labute approximate surface area is 97.4 Å². The highest BCUT2D eigenvalue weighted by atomic mass is 79.9. The molecule has 0 saturated carbocycles. The van der Waals surface area contributed by atoms with Gasteiger partial charge in [0.2, 0.25) is 0 Å². The summed E-state index contributed by atoms with van der Waals surface area (Å²) in [6.45, 7) is 0. The third-order valence-corrected chi connectivity index (χ3v) is 3.77. The van der Waals surface area contributed by atoms with Crippen LogP contribution in [0.2, 0.25) is 0 Å². The third kappa shape index (κ3) is 1.53. The van der Waals surface area contributed by atoms with E-state index in [1.54, 1.807) is 12.1 Å². The summed E-state index contributed by atoms with van der Waals surface area (Å²) in [4.78, 5) is 10.8. The molecule has 6 heteroatoms. The summed E-state index contributed by atoms with van der Waals surface area (Å²) < 4.78 is 1.77. The van der Waals surface area contributed by atoms with Crippen molar-refractivity contribution in [1.82, 2.24) is 0 Å². The second-order valence-corrected chi connectivity index (χ2v) is 5.60. The molecule has 0 amide bonds. The molecule has 1 heterocycles. The number of hydrogen-bond donors (Lipinski definition) is 1. The Kier molecular flexibility index (Phi) is 2.50. The quantitative estimate of drug-likeness (QED) is 0.492. The first-order valence-corrected chi connectivity index (χ1v) is 5.70. The first-order chi connectivity index (χ1) is 6.59. The van der Waals surface area contributed by atoms with Crippen molar-refractivity contribution < 1.29 is 4.92 Å². The smallest absolute Gasteiger partial charge is 0.258 e. The number of nitrogens with zero attached hydrogens (tertiary/aromatic N) is 1. The molecule has 2 rings (SSSR count). The molecule has 1 aromatic carbocycles. The number of thiophene rings is 1. The fourth-order valence-corrected chi connectivity index (χ4v) is 3.06. The van der Waals surface area contributed by atoms with Gasteiger partial charge < -0.3 is 0 Å². The van der Waals surface area contributed by atoms with E-state index in [0.717, 1.165) is 8.49 Å². The molecular weight excluding hydrogens is 286 g/mol. The molecule has 0 unspecified atom stereocenters. The number of fused-ring (bicyclic) bond motifs is 1. The van der Waals surface area contributed by atoms with Gasteiger partial charge in [0.15, 0.2) is 0 Å². The zero-order chi connectivity index (χ0) is 10.3. The van der Waals surface area contributed by atoms with Crippen molar-refractivity contribution in [2.45, 2.75) is 4.90 Å². The molecule has 0 fully saturated rings. The van der Waals surface area contributed by atoms with Crippen molar-refractivity contribution in [3.8, 4) is 0 Å². The Balaban J connectivity index is 2.88. The number of thiol groups is 1. The van der Waals surface area contributed by atoms with Crippen LogP contribution in [-0.2, 0) is 0 Å². The SMILES string of the molecule is O=[N+]([O-])c1c(S)ccc2sc(Br)cc12. The highest BCUT2D eigenvalue weighted by molar-refractivity contribution is 9.11. The van der Waals surface area contributed by atoms with Crippen LogP contribution < -0.4 is 0 Å². The topological polar surface area (TPSA) is 43.1 Å². The van der Waals surface area contributed by atoms with Crippen LogP contribution in [0.3, 0.4) is 0 Å². The second-order valence-electron chi connectivity index (χ2n) is 2.65. The van der Waals surface area contributed by atoms with Gasteiger partial charge in [0.25, 0.3) is 5.69 Å². The molecule has 0 N–H and O–H groups in total. The van der Waals surface area contributed by atoms with Gasteiger partial charge in [0.1, 0.15) is 0 Å². The highest BCUT2D eigenvalue weighted by Gasteiger charge is 2.17. The average molecular weight is 290 g/mol. The summed E-state index contributed by atoms with van der Waals surface area (Å²) in [5.74, 6) is 0. The van der Waals surface area contributed by atoms with Crippen LogP contribution in [0.15, 0.2) is 26.9 Å². The van der Waals surface area contributed by atoms with E-state index < -0.39 is 4.92 Å². The largest absolute Gasteiger partial charge is 0.291 e. The van der Waals surface area contributed by atoms with Crippen molar-refractivity contribution in [3.63, 3.8) is 0 Å². The molecule has 0 saturated heterocycles. The molecule has 2 aromatic rings. The maximum Gasteiger partial charge on any atom is 0.291 e. The van der Waals surface area contributed by atoms with Gasteiger partial charge in [-0.3, -0.25) is 10.1 Å². The van der Waals surface area contributed by atoms with Crippen LogP contribution >= 0.6 is 39.9 Å². The van der Waals surface area contributed by atoms with Gasteiger partial charge in [-0.25, -0.2) is 0 Å². The lowest BCUT2D eigenvalue weighted by molar-refractivity contribution is -0.385. The zero-order valence-corrected chi connectivity index (χ0v) is 10.0. The van der Waals surface area contributed by atoms with Crippen LogP contribution in [0.1, 0.15) is 0 Å². The van der Waals surface area contributed by atoms with Crippen molar-refractivity contribution in [2.24, 2.45) is 0 Å². The minimum absolute atomic E-state index is 0.0767. The normalized spacial score (nSPS) is 10.7. The lowest BCUT2D eigenvalue weighted by Gasteiger charge is -1.96. The van der Waals surface area contributed by atoms with Crippen molar-refractivity contribution in [1.29, 1.82) is 0 Å². The Morgan fingerprint density at radius 2 is 2.21 bits per heavy atom. The second kappa shape index (κ2) is 3.52. The lowest BCUT2D eigenvalue weighted by atomic mass is 10.2. The molecule has 1 aromatic heterocycles. The third-order valence-electron chi connectivity index (χ3n) is 1.80. The van der Waals surface area contributed by atoms with E-state index in [1.165, 1.54) is 11.3 Å². The molecule has 0 atom stereocenters. The monoisotopic (exact) mass is 289 g/mol. The van der Waals surface area contributed by atoms with Gasteiger partial charge in [-0.05, 0) is 34.1 Å². The summed E-state index contributed by atoms with van der Waals surface area (Å²) in [5.41, 5.74) is 0.0767. The zero-order valence-electron chi connectivity index (χ0n) is 6.73. The predicted molar refractivity (Wildman–Crippen MR) is 63.4 cm³/mol. The minimum Gasteiger partial charge on any atom is -0.258 e.